The number of aromatic amines is 1. The first kappa shape index (κ1) is 12.5. The molecular weight excluding hydrogens is 250 g/mol. The molecule has 0 aliphatic rings. The van der Waals surface area contributed by atoms with Crippen molar-refractivity contribution >= 4 is 5.69 Å². The summed E-state index contributed by atoms with van der Waals surface area (Å²) >= 11 is 0. The van der Waals surface area contributed by atoms with Crippen LogP contribution in [0.5, 0.6) is 0 Å². The number of rotatable bonds is 5. The molecule has 4 nitrogen and oxygen atoms in total. The maximum Gasteiger partial charge on any atom is 0.105 e. The number of hydrogen-bond donors (Lipinski definition) is 2. The molecule has 1 unspecified atom stereocenters. The molecule has 102 valence electrons. The SMILES string of the molecule is CC(Cc1ccco1)Nc1ccc(-c2ccn[nH]2)cc1. The molecule has 20 heavy (non-hydrogen) atoms. The molecular formula is C16H17N3O. The summed E-state index contributed by atoms with van der Waals surface area (Å²) < 4.78 is 5.36. The summed E-state index contributed by atoms with van der Waals surface area (Å²) in [6.45, 7) is 2.14. The standard InChI is InChI=1S/C16H17N3O/c1-12(11-15-3-2-10-20-15)18-14-6-4-13(5-7-14)16-8-9-17-19-16/h2-10,12,18H,11H2,1H3,(H,17,19). The highest BCUT2D eigenvalue weighted by atomic mass is 16.3. The Balaban J connectivity index is 1.63. The topological polar surface area (TPSA) is 53.9 Å². The fourth-order valence-electron chi connectivity index (χ4n) is 2.23. The van der Waals surface area contributed by atoms with Gasteiger partial charge in [0.1, 0.15) is 5.76 Å². The molecule has 0 amide bonds. The van der Waals surface area contributed by atoms with Gasteiger partial charge in [-0.3, -0.25) is 5.10 Å². The maximum atomic E-state index is 5.36. The van der Waals surface area contributed by atoms with E-state index in [1.807, 2.05) is 18.2 Å². The number of H-pyrrole nitrogens is 1. The first-order valence-electron chi connectivity index (χ1n) is 6.70. The molecule has 0 fully saturated rings. The van der Waals surface area contributed by atoms with E-state index in [4.69, 9.17) is 4.42 Å². The molecule has 2 N–H and O–H groups in total. The fraction of sp³-hybridized carbons (Fsp3) is 0.188. The highest BCUT2D eigenvalue weighted by Gasteiger charge is 2.06. The zero-order valence-electron chi connectivity index (χ0n) is 11.3. The van der Waals surface area contributed by atoms with E-state index < -0.39 is 0 Å². The second-order valence-electron chi connectivity index (χ2n) is 4.88. The fourth-order valence-corrected chi connectivity index (χ4v) is 2.23. The van der Waals surface area contributed by atoms with Crippen LogP contribution >= 0.6 is 0 Å². The van der Waals surface area contributed by atoms with E-state index in [9.17, 15) is 0 Å². The van der Waals surface area contributed by atoms with Crippen molar-refractivity contribution in [3.8, 4) is 11.3 Å². The molecule has 1 atom stereocenters. The lowest BCUT2D eigenvalue weighted by atomic mass is 10.1. The summed E-state index contributed by atoms with van der Waals surface area (Å²) in [6.07, 6.45) is 4.34. The number of nitrogens with zero attached hydrogens (tertiary/aromatic N) is 1. The average Bonchev–Trinajstić information content (AvgIpc) is 3.12. The third-order valence-corrected chi connectivity index (χ3v) is 3.20. The second kappa shape index (κ2) is 5.65. The van der Waals surface area contributed by atoms with E-state index in [2.05, 4.69) is 46.7 Å². The lowest BCUT2D eigenvalue weighted by Crippen LogP contribution is -2.17. The number of furan rings is 1. The van der Waals surface area contributed by atoms with Crippen molar-refractivity contribution in [2.75, 3.05) is 5.32 Å². The van der Waals surface area contributed by atoms with Gasteiger partial charge in [0.15, 0.2) is 0 Å². The number of aromatic nitrogens is 2. The molecule has 0 saturated heterocycles. The quantitative estimate of drug-likeness (QED) is 0.741. The van der Waals surface area contributed by atoms with Gasteiger partial charge in [-0.25, -0.2) is 0 Å². The Kier molecular flexibility index (Phi) is 3.54. The van der Waals surface area contributed by atoms with Gasteiger partial charge in [-0.15, -0.1) is 0 Å². The van der Waals surface area contributed by atoms with Crippen molar-refractivity contribution in [3.63, 3.8) is 0 Å². The van der Waals surface area contributed by atoms with E-state index in [1.165, 1.54) is 0 Å². The molecule has 3 aromatic rings. The second-order valence-corrected chi connectivity index (χ2v) is 4.88. The van der Waals surface area contributed by atoms with Crippen LogP contribution in [-0.2, 0) is 6.42 Å². The van der Waals surface area contributed by atoms with Crippen LogP contribution in [0.1, 0.15) is 12.7 Å². The van der Waals surface area contributed by atoms with E-state index in [0.717, 1.165) is 29.1 Å². The molecule has 2 aromatic heterocycles. The first-order valence-corrected chi connectivity index (χ1v) is 6.70. The van der Waals surface area contributed by atoms with Crippen molar-refractivity contribution in [1.29, 1.82) is 0 Å². The molecule has 3 rings (SSSR count). The van der Waals surface area contributed by atoms with Gasteiger partial charge in [0.25, 0.3) is 0 Å². The van der Waals surface area contributed by atoms with Gasteiger partial charge < -0.3 is 9.73 Å². The largest absolute Gasteiger partial charge is 0.469 e. The summed E-state index contributed by atoms with van der Waals surface area (Å²) in [5, 5.41) is 10.4. The van der Waals surface area contributed by atoms with Crippen LogP contribution in [0.3, 0.4) is 0 Å². The Morgan fingerprint density at radius 1 is 1.20 bits per heavy atom. The molecule has 0 aliphatic carbocycles. The van der Waals surface area contributed by atoms with Gasteiger partial charge in [-0.05, 0) is 42.8 Å². The summed E-state index contributed by atoms with van der Waals surface area (Å²) in [5.74, 6) is 0.999. The molecule has 4 heteroatoms. The summed E-state index contributed by atoms with van der Waals surface area (Å²) in [7, 11) is 0. The van der Waals surface area contributed by atoms with Gasteiger partial charge in [-0.1, -0.05) is 12.1 Å². The molecule has 2 heterocycles. The van der Waals surface area contributed by atoms with Crippen LogP contribution in [-0.4, -0.2) is 16.2 Å². The zero-order valence-corrected chi connectivity index (χ0v) is 11.3. The van der Waals surface area contributed by atoms with Crippen molar-refractivity contribution < 1.29 is 4.42 Å². The normalized spacial score (nSPS) is 12.2. The minimum Gasteiger partial charge on any atom is -0.469 e. The van der Waals surface area contributed by atoms with Crippen LogP contribution in [0.2, 0.25) is 0 Å². The molecule has 0 radical (unpaired) electrons. The molecule has 1 aromatic carbocycles. The minimum absolute atomic E-state index is 0.319. The van der Waals surface area contributed by atoms with E-state index in [0.29, 0.717) is 6.04 Å². The van der Waals surface area contributed by atoms with Crippen LogP contribution in [0, 0.1) is 0 Å². The van der Waals surface area contributed by atoms with E-state index in [-0.39, 0.29) is 0 Å². The highest BCUT2D eigenvalue weighted by molar-refractivity contribution is 5.62. The van der Waals surface area contributed by atoms with Gasteiger partial charge in [0.05, 0.1) is 12.0 Å². The van der Waals surface area contributed by atoms with Gasteiger partial charge in [-0.2, -0.15) is 5.10 Å². The zero-order chi connectivity index (χ0) is 13.8. The summed E-state index contributed by atoms with van der Waals surface area (Å²) in [6, 6.07) is 14.5. The number of benzene rings is 1. The number of anilines is 1. The van der Waals surface area contributed by atoms with Crippen molar-refractivity contribution in [2.24, 2.45) is 0 Å². The van der Waals surface area contributed by atoms with Crippen LogP contribution in [0.15, 0.2) is 59.3 Å². The summed E-state index contributed by atoms with van der Waals surface area (Å²) in [5.41, 5.74) is 3.26. The molecule has 0 bridgehead atoms. The van der Waals surface area contributed by atoms with Crippen LogP contribution < -0.4 is 5.32 Å². The lowest BCUT2D eigenvalue weighted by Gasteiger charge is -2.14. The Labute approximate surface area is 117 Å². The van der Waals surface area contributed by atoms with Crippen LogP contribution in [0.4, 0.5) is 5.69 Å². The molecule has 0 spiro atoms. The van der Waals surface area contributed by atoms with Crippen LogP contribution in [0.25, 0.3) is 11.3 Å². The van der Waals surface area contributed by atoms with E-state index >= 15 is 0 Å². The van der Waals surface area contributed by atoms with Crippen molar-refractivity contribution in [3.05, 3.63) is 60.7 Å². The Bertz CT molecular complexity index is 627. The molecule has 0 aliphatic heterocycles. The lowest BCUT2D eigenvalue weighted by molar-refractivity contribution is 0.498. The predicted octanol–water partition coefficient (Wildman–Crippen LogP) is 3.71. The summed E-state index contributed by atoms with van der Waals surface area (Å²) in [4.78, 5) is 0. The highest BCUT2D eigenvalue weighted by Crippen LogP contribution is 2.19. The average molecular weight is 267 g/mol. The third-order valence-electron chi connectivity index (χ3n) is 3.20. The minimum atomic E-state index is 0.319. The maximum absolute atomic E-state index is 5.36. The first-order chi connectivity index (χ1) is 9.81. The van der Waals surface area contributed by atoms with Gasteiger partial charge in [0.2, 0.25) is 0 Å². The van der Waals surface area contributed by atoms with Crippen molar-refractivity contribution in [2.45, 2.75) is 19.4 Å². The monoisotopic (exact) mass is 267 g/mol. The Morgan fingerprint density at radius 2 is 2.05 bits per heavy atom. The van der Waals surface area contributed by atoms with Gasteiger partial charge in [0, 0.05) is 24.3 Å². The number of hydrogen-bond acceptors (Lipinski definition) is 3. The Morgan fingerprint density at radius 3 is 2.70 bits per heavy atom. The van der Waals surface area contributed by atoms with Crippen molar-refractivity contribution in [1.82, 2.24) is 10.2 Å². The smallest absolute Gasteiger partial charge is 0.105 e. The predicted molar refractivity (Wildman–Crippen MR) is 79.5 cm³/mol. The van der Waals surface area contributed by atoms with Gasteiger partial charge >= 0.3 is 0 Å². The Hall–Kier alpha value is -2.49. The number of nitrogens with one attached hydrogen (secondary N) is 2. The third kappa shape index (κ3) is 2.91. The molecule has 0 saturated carbocycles. The van der Waals surface area contributed by atoms with E-state index in [1.54, 1.807) is 12.5 Å².